The van der Waals surface area contributed by atoms with Crippen molar-refractivity contribution >= 4 is 21.8 Å². The van der Waals surface area contributed by atoms with Gasteiger partial charge in [0.25, 0.3) is 0 Å². The number of para-hydroxylation sites is 2. The van der Waals surface area contributed by atoms with Crippen LogP contribution in [0.4, 0.5) is 0 Å². The number of aromatic nitrogens is 2. The van der Waals surface area contributed by atoms with E-state index in [2.05, 4.69) is 59.6 Å². The molecule has 0 aliphatic heterocycles. The van der Waals surface area contributed by atoms with E-state index in [9.17, 15) is 0 Å². The Hall–Kier alpha value is -2.61. The number of rotatable bonds is 3. The molecule has 4 rings (SSSR count). The SMILES string of the molecule is c1ccc2nc(CCc3cc4ccccc4[nH]3)ccc2c1. The molecular formula is C19H16N2. The zero-order valence-electron chi connectivity index (χ0n) is 11.7. The zero-order chi connectivity index (χ0) is 14.1. The van der Waals surface area contributed by atoms with Gasteiger partial charge in [0.2, 0.25) is 0 Å². The molecule has 2 heteroatoms. The number of nitrogens with one attached hydrogen (secondary N) is 1. The lowest BCUT2D eigenvalue weighted by Gasteiger charge is -2.02. The number of pyridine rings is 1. The van der Waals surface area contributed by atoms with E-state index in [1.807, 2.05) is 12.1 Å². The molecular weight excluding hydrogens is 256 g/mol. The fourth-order valence-corrected chi connectivity index (χ4v) is 2.78. The summed E-state index contributed by atoms with van der Waals surface area (Å²) in [4.78, 5) is 8.21. The van der Waals surface area contributed by atoms with Crippen molar-refractivity contribution < 1.29 is 0 Å². The van der Waals surface area contributed by atoms with Crippen molar-refractivity contribution in [2.75, 3.05) is 0 Å². The van der Waals surface area contributed by atoms with Crippen LogP contribution in [0.3, 0.4) is 0 Å². The fraction of sp³-hybridized carbons (Fsp3) is 0.105. The minimum atomic E-state index is 0.956. The van der Waals surface area contributed by atoms with Gasteiger partial charge in [0.15, 0.2) is 0 Å². The van der Waals surface area contributed by atoms with Crippen LogP contribution in [0.2, 0.25) is 0 Å². The molecule has 0 aliphatic carbocycles. The maximum absolute atomic E-state index is 4.73. The van der Waals surface area contributed by atoms with E-state index >= 15 is 0 Å². The smallest absolute Gasteiger partial charge is 0.0705 e. The lowest BCUT2D eigenvalue weighted by molar-refractivity contribution is 0.899. The molecule has 2 heterocycles. The number of nitrogens with zero attached hydrogens (tertiary/aromatic N) is 1. The third-order valence-electron chi connectivity index (χ3n) is 3.89. The topological polar surface area (TPSA) is 28.7 Å². The molecule has 2 nitrogen and oxygen atoms in total. The highest BCUT2D eigenvalue weighted by Gasteiger charge is 2.02. The van der Waals surface area contributed by atoms with Crippen LogP contribution < -0.4 is 0 Å². The Labute approximate surface area is 123 Å². The highest BCUT2D eigenvalue weighted by atomic mass is 14.7. The van der Waals surface area contributed by atoms with E-state index in [-0.39, 0.29) is 0 Å². The molecule has 0 spiro atoms. The average molecular weight is 272 g/mol. The van der Waals surface area contributed by atoms with Gasteiger partial charge in [-0.3, -0.25) is 4.98 Å². The predicted molar refractivity (Wildman–Crippen MR) is 87.4 cm³/mol. The normalized spacial score (nSPS) is 11.2. The molecule has 0 radical (unpaired) electrons. The van der Waals surface area contributed by atoms with Gasteiger partial charge >= 0.3 is 0 Å². The van der Waals surface area contributed by atoms with Crippen LogP contribution in [-0.2, 0) is 12.8 Å². The first kappa shape index (κ1) is 12.2. The monoisotopic (exact) mass is 272 g/mol. The molecule has 102 valence electrons. The molecule has 0 bridgehead atoms. The number of H-pyrrole nitrogens is 1. The maximum Gasteiger partial charge on any atom is 0.0705 e. The highest BCUT2D eigenvalue weighted by molar-refractivity contribution is 5.80. The quantitative estimate of drug-likeness (QED) is 0.584. The summed E-state index contributed by atoms with van der Waals surface area (Å²) in [7, 11) is 0. The first-order valence-corrected chi connectivity index (χ1v) is 7.30. The van der Waals surface area contributed by atoms with Gasteiger partial charge < -0.3 is 4.98 Å². The van der Waals surface area contributed by atoms with E-state index in [0.717, 1.165) is 24.1 Å². The van der Waals surface area contributed by atoms with Gasteiger partial charge in [0.05, 0.1) is 5.52 Å². The number of hydrogen-bond donors (Lipinski definition) is 1. The molecule has 0 unspecified atom stereocenters. The van der Waals surface area contributed by atoms with E-state index in [0.29, 0.717) is 0 Å². The van der Waals surface area contributed by atoms with E-state index in [1.54, 1.807) is 0 Å². The maximum atomic E-state index is 4.73. The third-order valence-corrected chi connectivity index (χ3v) is 3.89. The summed E-state index contributed by atoms with van der Waals surface area (Å²) in [5.74, 6) is 0. The molecule has 2 aromatic heterocycles. The third kappa shape index (κ3) is 2.40. The second-order valence-electron chi connectivity index (χ2n) is 5.38. The van der Waals surface area contributed by atoms with Crippen LogP contribution in [0.15, 0.2) is 66.7 Å². The second-order valence-corrected chi connectivity index (χ2v) is 5.38. The fourth-order valence-electron chi connectivity index (χ4n) is 2.78. The molecule has 0 fully saturated rings. The predicted octanol–water partition coefficient (Wildman–Crippen LogP) is 4.50. The molecule has 4 aromatic rings. The molecule has 0 aliphatic rings. The number of aromatic amines is 1. The van der Waals surface area contributed by atoms with Crippen molar-refractivity contribution in [3.8, 4) is 0 Å². The first-order chi connectivity index (χ1) is 10.4. The van der Waals surface area contributed by atoms with Gasteiger partial charge in [-0.05, 0) is 42.5 Å². The van der Waals surface area contributed by atoms with Crippen LogP contribution in [-0.4, -0.2) is 9.97 Å². The number of aryl methyl sites for hydroxylation is 2. The van der Waals surface area contributed by atoms with Gasteiger partial charge in [0, 0.05) is 22.3 Å². The molecule has 0 atom stereocenters. The standard InChI is InChI=1S/C19H16N2/c1-3-7-18-14(5-1)9-10-16(20-18)11-12-17-13-15-6-2-4-8-19(15)21-17/h1-10,13,21H,11-12H2. The van der Waals surface area contributed by atoms with Crippen molar-refractivity contribution in [3.05, 3.63) is 78.1 Å². The van der Waals surface area contributed by atoms with Crippen molar-refractivity contribution in [1.29, 1.82) is 0 Å². The van der Waals surface area contributed by atoms with Crippen LogP contribution in [0.1, 0.15) is 11.4 Å². The van der Waals surface area contributed by atoms with Gasteiger partial charge in [-0.15, -0.1) is 0 Å². The Morgan fingerprint density at radius 1 is 0.762 bits per heavy atom. The minimum Gasteiger partial charge on any atom is -0.358 e. The van der Waals surface area contributed by atoms with Gasteiger partial charge in [-0.1, -0.05) is 42.5 Å². The average Bonchev–Trinajstić information content (AvgIpc) is 2.95. The highest BCUT2D eigenvalue weighted by Crippen LogP contribution is 2.17. The largest absolute Gasteiger partial charge is 0.358 e. The van der Waals surface area contributed by atoms with E-state index in [1.165, 1.54) is 22.0 Å². The Kier molecular flexibility index (Phi) is 2.93. The molecule has 1 N–H and O–H groups in total. The van der Waals surface area contributed by atoms with Crippen molar-refractivity contribution in [3.63, 3.8) is 0 Å². The zero-order valence-corrected chi connectivity index (χ0v) is 11.7. The molecule has 0 saturated heterocycles. The Bertz CT molecular complexity index is 872. The van der Waals surface area contributed by atoms with Crippen molar-refractivity contribution in [2.24, 2.45) is 0 Å². The molecule has 0 amide bonds. The Balaban J connectivity index is 1.57. The van der Waals surface area contributed by atoms with Crippen LogP contribution >= 0.6 is 0 Å². The molecule has 0 saturated carbocycles. The van der Waals surface area contributed by atoms with Crippen molar-refractivity contribution in [1.82, 2.24) is 9.97 Å². The van der Waals surface area contributed by atoms with Crippen LogP contribution in [0, 0.1) is 0 Å². The first-order valence-electron chi connectivity index (χ1n) is 7.30. The lowest BCUT2D eigenvalue weighted by atomic mass is 10.1. The lowest BCUT2D eigenvalue weighted by Crippen LogP contribution is -1.95. The summed E-state index contributed by atoms with van der Waals surface area (Å²) < 4.78 is 0. The van der Waals surface area contributed by atoms with Gasteiger partial charge in [-0.25, -0.2) is 0 Å². The minimum absolute atomic E-state index is 0.956. The summed E-state index contributed by atoms with van der Waals surface area (Å²) in [6, 6.07) is 23.2. The molecule has 2 aromatic carbocycles. The number of fused-ring (bicyclic) bond motifs is 2. The number of benzene rings is 2. The van der Waals surface area contributed by atoms with Gasteiger partial charge in [0.1, 0.15) is 0 Å². The van der Waals surface area contributed by atoms with Gasteiger partial charge in [-0.2, -0.15) is 0 Å². The van der Waals surface area contributed by atoms with Crippen molar-refractivity contribution in [2.45, 2.75) is 12.8 Å². The summed E-state index contributed by atoms with van der Waals surface area (Å²) in [6.45, 7) is 0. The van der Waals surface area contributed by atoms with Crippen LogP contribution in [0.5, 0.6) is 0 Å². The Morgan fingerprint density at radius 2 is 1.57 bits per heavy atom. The van der Waals surface area contributed by atoms with E-state index in [4.69, 9.17) is 4.98 Å². The number of hydrogen-bond acceptors (Lipinski definition) is 1. The van der Waals surface area contributed by atoms with E-state index < -0.39 is 0 Å². The molecule has 21 heavy (non-hydrogen) atoms. The summed E-state index contributed by atoms with van der Waals surface area (Å²) in [5, 5.41) is 2.48. The summed E-state index contributed by atoms with van der Waals surface area (Å²) >= 11 is 0. The summed E-state index contributed by atoms with van der Waals surface area (Å²) in [6.07, 6.45) is 1.94. The second kappa shape index (κ2) is 5.06. The van der Waals surface area contributed by atoms with Crippen LogP contribution in [0.25, 0.3) is 21.8 Å². The Morgan fingerprint density at radius 3 is 2.48 bits per heavy atom. The summed E-state index contributed by atoms with van der Waals surface area (Å²) in [5.41, 5.74) is 4.70.